The van der Waals surface area contributed by atoms with Crippen molar-refractivity contribution in [3.63, 3.8) is 0 Å². The monoisotopic (exact) mass is 496 g/mol. The summed E-state index contributed by atoms with van der Waals surface area (Å²) in [6.07, 6.45) is -3.44. The summed E-state index contributed by atoms with van der Waals surface area (Å²) in [5, 5.41) is 10.9. The molecule has 0 radical (unpaired) electrons. The number of piperidine rings is 1. The Morgan fingerprint density at radius 2 is 1.66 bits per heavy atom. The van der Waals surface area contributed by atoms with E-state index in [2.05, 4.69) is 20.2 Å². The van der Waals surface area contributed by atoms with Gasteiger partial charge in [0.05, 0.1) is 6.54 Å². The van der Waals surface area contributed by atoms with Crippen LogP contribution in [0, 0.1) is 5.92 Å². The van der Waals surface area contributed by atoms with Crippen LogP contribution in [0.2, 0.25) is 0 Å². The van der Waals surface area contributed by atoms with Gasteiger partial charge in [0.2, 0.25) is 11.8 Å². The van der Waals surface area contributed by atoms with Crippen LogP contribution in [0.3, 0.4) is 0 Å². The number of fused-ring (bicyclic) bond motifs is 1. The molecule has 4 heterocycles. The molecule has 0 aliphatic carbocycles. The first-order valence-electron chi connectivity index (χ1n) is 12.0. The van der Waals surface area contributed by atoms with Crippen molar-refractivity contribution in [1.29, 1.82) is 0 Å². The standard InChI is InChI=1S/C22H31F3N8O2/c1-3-30(4-2)19(34)15-29-11-13-32(14-12-29)20(35)16-7-9-31(10-8-16)18-6-5-17-26-27-21(22(23,24)25)33(17)28-18/h5-6,16H,3-4,7-15H2,1-2H3. The van der Waals surface area contributed by atoms with Gasteiger partial charge in [0, 0.05) is 58.3 Å². The van der Waals surface area contributed by atoms with Gasteiger partial charge in [0.1, 0.15) is 5.82 Å². The molecule has 192 valence electrons. The number of carbonyl (C=O) groups excluding carboxylic acids is 2. The van der Waals surface area contributed by atoms with Gasteiger partial charge >= 0.3 is 6.18 Å². The van der Waals surface area contributed by atoms with E-state index >= 15 is 0 Å². The van der Waals surface area contributed by atoms with E-state index in [4.69, 9.17) is 0 Å². The van der Waals surface area contributed by atoms with Crippen LogP contribution >= 0.6 is 0 Å². The normalized spacial score (nSPS) is 18.3. The molecule has 4 rings (SSSR count). The van der Waals surface area contributed by atoms with Crippen LogP contribution in [0.15, 0.2) is 12.1 Å². The topological polar surface area (TPSA) is 90.2 Å². The Labute approximate surface area is 201 Å². The van der Waals surface area contributed by atoms with E-state index in [0.717, 1.165) is 4.52 Å². The molecule has 2 aliphatic heterocycles. The van der Waals surface area contributed by atoms with Crippen LogP contribution in [0.4, 0.5) is 19.0 Å². The molecule has 35 heavy (non-hydrogen) atoms. The first kappa shape index (κ1) is 25.1. The first-order valence-corrected chi connectivity index (χ1v) is 12.0. The van der Waals surface area contributed by atoms with Crippen molar-refractivity contribution in [2.75, 3.05) is 63.8 Å². The highest BCUT2D eigenvalue weighted by atomic mass is 19.4. The zero-order valence-corrected chi connectivity index (χ0v) is 20.0. The summed E-state index contributed by atoms with van der Waals surface area (Å²) < 4.78 is 40.2. The Morgan fingerprint density at radius 1 is 1.00 bits per heavy atom. The maximum absolute atomic E-state index is 13.2. The summed E-state index contributed by atoms with van der Waals surface area (Å²) in [5.74, 6) is -0.652. The maximum Gasteiger partial charge on any atom is 0.453 e. The number of carbonyl (C=O) groups is 2. The van der Waals surface area contributed by atoms with Crippen molar-refractivity contribution >= 4 is 23.3 Å². The van der Waals surface area contributed by atoms with Crippen LogP contribution in [-0.4, -0.2) is 105 Å². The number of halogens is 3. The number of likely N-dealkylation sites (N-methyl/N-ethyl adjacent to an activating group) is 1. The number of aromatic nitrogens is 4. The second kappa shape index (κ2) is 10.3. The number of alkyl halides is 3. The smallest absolute Gasteiger partial charge is 0.355 e. The Balaban J connectivity index is 1.29. The zero-order chi connectivity index (χ0) is 25.2. The lowest BCUT2D eigenvalue weighted by Gasteiger charge is -2.39. The van der Waals surface area contributed by atoms with Crippen LogP contribution < -0.4 is 4.90 Å². The largest absolute Gasteiger partial charge is 0.453 e. The molecular formula is C22H31F3N8O2. The predicted octanol–water partition coefficient (Wildman–Crippen LogP) is 1.37. The summed E-state index contributed by atoms with van der Waals surface area (Å²) in [5.41, 5.74) is 0.0316. The van der Waals surface area contributed by atoms with Crippen molar-refractivity contribution in [2.24, 2.45) is 5.92 Å². The minimum atomic E-state index is -4.65. The summed E-state index contributed by atoms with van der Waals surface area (Å²) in [6, 6.07) is 3.09. The molecule has 0 spiro atoms. The van der Waals surface area contributed by atoms with Gasteiger partial charge in [-0.2, -0.15) is 17.7 Å². The molecule has 2 aromatic heterocycles. The van der Waals surface area contributed by atoms with Gasteiger partial charge < -0.3 is 14.7 Å². The Hall–Kier alpha value is -2.96. The average molecular weight is 497 g/mol. The quantitative estimate of drug-likeness (QED) is 0.597. The summed E-state index contributed by atoms with van der Waals surface area (Å²) in [6.45, 7) is 9.27. The molecule has 0 aromatic carbocycles. The lowest BCUT2D eigenvalue weighted by molar-refractivity contribution is -0.146. The van der Waals surface area contributed by atoms with Crippen molar-refractivity contribution in [1.82, 2.24) is 34.5 Å². The second-order valence-electron chi connectivity index (χ2n) is 8.91. The third-order valence-electron chi connectivity index (χ3n) is 6.83. The summed E-state index contributed by atoms with van der Waals surface area (Å²) in [4.78, 5) is 33.1. The lowest BCUT2D eigenvalue weighted by atomic mass is 9.95. The Bertz CT molecular complexity index is 1040. The van der Waals surface area contributed by atoms with Crippen molar-refractivity contribution in [2.45, 2.75) is 32.9 Å². The maximum atomic E-state index is 13.2. The van der Waals surface area contributed by atoms with E-state index in [9.17, 15) is 22.8 Å². The number of anilines is 1. The lowest BCUT2D eigenvalue weighted by Crippen LogP contribution is -2.53. The Morgan fingerprint density at radius 3 is 2.26 bits per heavy atom. The average Bonchev–Trinajstić information content (AvgIpc) is 3.29. The second-order valence-corrected chi connectivity index (χ2v) is 8.91. The van der Waals surface area contributed by atoms with Gasteiger partial charge in [-0.05, 0) is 38.8 Å². The SMILES string of the molecule is CCN(CC)C(=O)CN1CCN(C(=O)C2CCN(c3ccc4nnc(C(F)(F)F)n4n3)CC2)CC1. The molecule has 0 bridgehead atoms. The fourth-order valence-electron chi connectivity index (χ4n) is 4.73. The predicted molar refractivity (Wildman–Crippen MR) is 122 cm³/mol. The molecule has 2 saturated heterocycles. The third kappa shape index (κ3) is 5.49. The van der Waals surface area contributed by atoms with E-state index in [-0.39, 0.29) is 23.4 Å². The first-order chi connectivity index (χ1) is 16.7. The molecule has 0 saturated carbocycles. The molecule has 2 fully saturated rings. The fraction of sp³-hybridized carbons (Fsp3) is 0.682. The number of nitrogens with zero attached hydrogens (tertiary/aromatic N) is 8. The van der Waals surface area contributed by atoms with Gasteiger partial charge in [0.25, 0.3) is 5.82 Å². The van der Waals surface area contributed by atoms with Crippen LogP contribution in [0.25, 0.3) is 5.65 Å². The summed E-state index contributed by atoms with van der Waals surface area (Å²) >= 11 is 0. The molecule has 2 amide bonds. The molecular weight excluding hydrogens is 465 g/mol. The number of hydrogen-bond acceptors (Lipinski definition) is 7. The highest BCUT2D eigenvalue weighted by Crippen LogP contribution is 2.29. The number of piperazine rings is 1. The number of amides is 2. The number of hydrogen-bond donors (Lipinski definition) is 0. The molecule has 0 atom stereocenters. The van der Waals surface area contributed by atoms with Gasteiger partial charge in [-0.15, -0.1) is 15.3 Å². The molecule has 13 heteroatoms. The molecule has 10 nitrogen and oxygen atoms in total. The van der Waals surface area contributed by atoms with E-state index in [0.29, 0.717) is 77.6 Å². The van der Waals surface area contributed by atoms with Crippen molar-refractivity contribution in [3.05, 3.63) is 18.0 Å². The van der Waals surface area contributed by atoms with E-state index < -0.39 is 12.0 Å². The van der Waals surface area contributed by atoms with Crippen LogP contribution in [0.1, 0.15) is 32.5 Å². The Kier molecular flexibility index (Phi) is 7.43. The summed E-state index contributed by atoms with van der Waals surface area (Å²) in [7, 11) is 0. The highest BCUT2D eigenvalue weighted by molar-refractivity contribution is 5.80. The van der Waals surface area contributed by atoms with Crippen LogP contribution in [-0.2, 0) is 15.8 Å². The number of rotatable bonds is 6. The van der Waals surface area contributed by atoms with E-state index in [1.807, 2.05) is 28.5 Å². The van der Waals surface area contributed by atoms with Gasteiger partial charge in [-0.25, -0.2) is 0 Å². The van der Waals surface area contributed by atoms with E-state index in [1.54, 1.807) is 6.07 Å². The molecule has 0 unspecified atom stereocenters. The van der Waals surface area contributed by atoms with E-state index in [1.165, 1.54) is 6.07 Å². The van der Waals surface area contributed by atoms with Crippen molar-refractivity contribution < 1.29 is 22.8 Å². The highest BCUT2D eigenvalue weighted by Gasteiger charge is 2.38. The van der Waals surface area contributed by atoms with Gasteiger partial charge in [-0.1, -0.05) is 0 Å². The fourth-order valence-corrected chi connectivity index (χ4v) is 4.73. The molecule has 2 aliphatic rings. The van der Waals surface area contributed by atoms with Crippen molar-refractivity contribution in [3.8, 4) is 0 Å². The van der Waals surface area contributed by atoms with Gasteiger partial charge in [0.15, 0.2) is 5.65 Å². The van der Waals surface area contributed by atoms with Gasteiger partial charge in [-0.3, -0.25) is 14.5 Å². The minimum absolute atomic E-state index is 0.0316. The molecule has 0 N–H and O–H groups in total. The minimum Gasteiger partial charge on any atom is -0.355 e. The molecule has 2 aromatic rings. The van der Waals surface area contributed by atoms with Crippen LogP contribution in [0.5, 0.6) is 0 Å². The third-order valence-corrected chi connectivity index (χ3v) is 6.83. The zero-order valence-electron chi connectivity index (χ0n) is 20.0.